The van der Waals surface area contributed by atoms with Gasteiger partial charge < -0.3 is 10.1 Å². The molecule has 2 unspecified atom stereocenters. The maximum atomic E-state index is 6.11. The molecule has 1 fully saturated rings. The second-order valence-corrected chi connectivity index (χ2v) is 5.68. The summed E-state index contributed by atoms with van der Waals surface area (Å²) in [5, 5.41) is 3.90. The monoisotopic (exact) mass is 288 g/mol. The third-order valence-electron chi connectivity index (χ3n) is 3.30. The SMILES string of the molecule is CNc1nc(OC2CCCC(C)C2)c(Cl)cc1Cl. The Morgan fingerprint density at radius 1 is 1.33 bits per heavy atom. The van der Waals surface area contributed by atoms with Crippen molar-refractivity contribution in [3.63, 3.8) is 0 Å². The van der Waals surface area contributed by atoms with Crippen molar-refractivity contribution in [2.24, 2.45) is 5.92 Å². The van der Waals surface area contributed by atoms with Gasteiger partial charge in [-0.25, -0.2) is 0 Å². The van der Waals surface area contributed by atoms with Gasteiger partial charge in [0.1, 0.15) is 16.9 Å². The van der Waals surface area contributed by atoms with Gasteiger partial charge in [-0.1, -0.05) is 36.5 Å². The van der Waals surface area contributed by atoms with Crippen LogP contribution in [0.15, 0.2) is 6.07 Å². The molecule has 1 N–H and O–H groups in total. The normalized spacial score (nSPS) is 23.8. The molecule has 2 atom stereocenters. The average molecular weight is 289 g/mol. The molecule has 0 saturated heterocycles. The Balaban J connectivity index is 2.13. The topological polar surface area (TPSA) is 34.2 Å². The van der Waals surface area contributed by atoms with Gasteiger partial charge in [-0.05, 0) is 31.2 Å². The van der Waals surface area contributed by atoms with Gasteiger partial charge in [-0.15, -0.1) is 0 Å². The fraction of sp³-hybridized carbons (Fsp3) is 0.615. The van der Waals surface area contributed by atoms with Crippen LogP contribution >= 0.6 is 23.2 Å². The number of halogens is 2. The van der Waals surface area contributed by atoms with E-state index in [-0.39, 0.29) is 6.10 Å². The maximum absolute atomic E-state index is 6.11. The van der Waals surface area contributed by atoms with Crippen LogP contribution in [0.2, 0.25) is 10.0 Å². The van der Waals surface area contributed by atoms with Crippen LogP contribution in [0.1, 0.15) is 32.6 Å². The van der Waals surface area contributed by atoms with E-state index in [1.807, 2.05) is 0 Å². The van der Waals surface area contributed by atoms with E-state index in [0.717, 1.165) is 12.8 Å². The lowest BCUT2D eigenvalue weighted by atomic mass is 9.89. The van der Waals surface area contributed by atoms with Crippen LogP contribution in [-0.2, 0) is 0 Å². The van der Waals surface area contributed by atoms with E-state index in [1.54, 1.807) is 13.1 Å². The molecule has 1 heterocycles. The largest absolute Gasteiger partial charge is 0.473 e. The maximum Gasteiger partial charge on any atom is 0.234 e. The van der Waals surface area contributed by atoms with Crippen molar-refractivity contribution in [2.75, 3.05) is 12.4 Å². The van der Waals surface area contributed by atoms with E-state index in [1.165, 1.54) is 12.8 Å². The van der Waals surface area contributed by atoms with Gasteiger partial charge in [0.15, 0.2) is 0 Å². The van der Waals surface area contributed by atoms with E-state index in [9.17, 15) is 0 Å². The number of hydrogen-bond donors (Lipinski definition) is 1. The van der Waals surface area contributed by atoms with Crippen molar-refractivity contribution in [1.29, 1.82) is 0 Å². The molecule has 1 aliphatic rings. The molecule has 1 aliphatic carbocycles. The van der Waals surface area contributed by atoms with Crippen molar-refractivity contribution in [3.05, 3.63) is 16.1 Å². The molecule has 0 radical (unpaired) electrons. The number of nitrogens with zero attached hydrogens (tertiary/aromatic N) is 1. The smallest absolute Gasteiger partial charge is 0.234 e. The Kier molecular flexibility index (Phi) is 4.57. The van der Waals surface area contributed by atoms with Crippen LogP contribution in [0.5, 0.6) is 5.88 Å². The lowest BCUT2D eigenvalue weighted by Gasteiger charge is -2.27. The quantitative estimate of drug-likeness (QED) is 0.896. The summed E-state index contributed by atoms with van der Waals surface area (Å²) in [6.07, 6.45) is 4.83. The van der Waals surface area contributed by atoms with Gasteiger partial charge in [0.05, 0.1) is 5.02 Å². The Morgan fingerprint density at radius 2 is 2.11 bits per heavy atom. The second kappa shape index (κ2) is 5.98. The van der Waals surface area contributed by atoms with Crippen LogP contribution in [0.25, 0.3) is 0 Å². The van der Waals surface area contributed by atoms with Gasteiger partial charge in [-0.3, -0.25) is 0 Å². The zero-order chi connectivity index (χ0) is 13.1. The van der Waals surface area contributed by atoms with Gasteiger partial charge in [-0.2, -0.15) is 4.98 Å². The van der Waals surface area contributed by atoms with Gasteiger partial charge in [0.2, 0.25) is 5.88 Å². The first-order valence-electron chi connectivity index (χ1n) is 6.30. The summed E-state index contributed by atoms with van der Waals surface area (Å²) in [4.78, 5) is 4.31. The first kappa shape index (κ1) is 13.8. The zero-order valence-corrected chi connectivity index (χ0v) is 12.2. The third kappa shape index (κ3) is 3.21. The highest BCUT2D eigenvalue weighted by Gasteiger charge is 2.22. The zero-order valence-electron chi connectivity index (χ0n) is 10.7. The fourth-order valence-electron chi connectivity index (χ4n) is 2.35. The summed E-state index contributed by atoms with van der Waals surface area (Å²) in [6, 6.07) is 1.67. The van der Waals surface area contributed by atoms with E-state index in [2.05, 4.69) is 17.2 Å². The summed E-state index contributed by atoms with van der Waals surface area (Å²) in [7, 11) is 1.77. The molecule has 5 heteroatoms. The van der Waals surface area contributed by atoms with E-state index >= 15 is 0 Å². The van der Waals surface area contributed by atoms with Gasteiger partial charge in [0.25, 0.3) is 0 Å². The molecule has 100 valence electrons. The molecular weight excluding hydrogens is 271 g/mol. The van der Waals surface area contributed by atoms with Crippen molar-refractivity contribution in [2.45, 2.75) is 38.7 Å². The Bertz CT molecular complexity index is 426. The first-order chi connectivity index (χ1) is 8.60. The number of anilines is 1. The number of nitrogens with one attached hydrogen (secondary N) is 1. The molecule has 3 nitrogen and oxygen atoms in total. The van der Waals surface area contributed by atoms with Crippen LogP contribution in [0.4, 0.5) is 5.82 Å². The summed E-state index contributed by atoms with van der Waals surface area (Å²) >= 11 is 12.1. The second-order valence-electron chi connectivity index (χ2n) is 4.87. The van der Waals surface area contributed by atoms with Crippen molar-refractivity contribution >= 4 is 29.0 Å². The predicted octanol–water partition coefficient (Wildman–Crippen LogP) is 4.39. The molecule has 1 aromatic heterocycles. The van der Waals surface area contributed by atoms with E-state index < -0.39 is 0 Å². The fourth-order valence-corrected chi connectivity index (χ4v) is 2.85. The molecule has 2 rings (SSSR count). The molecule has 0 spiro atoms. The molecular formula is C13H18Cl2N2O. The van der Waals surface area contributed by atoms with Gasteiger partial charge in [0, 0.05) is 7.05 Å². The average Bonchev–Trinajstić information content (AvgIpc) is 2.33. The highest BCUT2D eigenvalue weighted by molar-refractivity contribution is 6.36. The number of pyridine rings is 1. The molecule has 0 aromatic carbocycles. The van der Waals surface area contributed by atoms with Crippen LogP contribution < -0.4 is 10.1 Å². The van der Waals surface area contributed by atoms with Gasteiger partial charge >= 0.3 is 0 Å². The first-order valence-corrected chi connectivity index (χ1v) is 7.06. The van der Waals surface area contributed by atoms with Crippen molar-refractivity contribution in [3.8, 4) is 5.88 Å². The minimum absolute atomic E-state index is 0.213. The lowest BCUT2D eigenvalue weighted by Crippen LogP contribution is -2.24. The molecule has 1 saturated carbocycles. The lowest BCUT2D eigenvalue weighted by molar-refractivity contribution is 0.124. The standard InChI is InChI=1S/C13H18Cl2N2O/c1-8-4-3-5-9(6-8)18-13-11(15)7-10(14)12(16-2)17-13/h7-9H,3-6H2,1-2H3,(H,16,17). The molecule has 18 heavy (non-hydrogen) atoms. The van der Waals surface area contributed by atoms with Crippen LogP contribution in [-0.4, -0.2) is 18.1 Å². The Labute approximate surface area is 118 Å². The summed E-state index contributed by atoms with van der Waals surface area (Å²) < 4.78 is 5.91. The minimum Gasteiger partial charge on any atom is -0.473 e. The highest BCUT2D eigenvalue weighted by Crippen LogP contribution is 2.33. The summed E-state index contributed by atoms with van der Waals surface area (Å²) in [5.41, 5.74) is 0. The number of hydrogen-bond acceptors (Lipinski definition) is 3. The van der Waals surface area contributed by atoms with Crippen molar-refractivity contribution < 1.29 is 4.74 Å². The third-order valence-corrected chi connectivity index (χ3v) is 3.86. The number of ether oxygens (including phenoxy) is 1. The minimum atomic E-state index is 0.213. The number of aromatic nitrogens is 1. The van der Waals surface area contributed by atoms with Crippen molar-refractivity contribution in [1.82, 2.24) is 4.98 Å². The summed E-state index contributed by atoms with van der Waals surface area (Å²) in [5.74, 6) is 1.78. The Hall–Kier alpha value is -0.670. The van der Waals surface area contributed by atoms with Crippen LogP contribution in [0.3, 0.4) is 0 Å². The molecule has 0 bridgehead atoms. The van der Waals surface area contributed by atoms with E-state index in [4.69, 9.17) is 27.9 Å². The molecule has 0 amide bonds. The highest BCUT2D eigenvalue weighted by atomic mass is 35.5. The van der Waals surface area contributed by atoms with E-state index in [0.29, 0.717) is 27.7 Å². The Morgan fingerprint density at radius 3 is 2.78 bits per heavy atom. The molecule has 1 aromatic rings. The predicted molar refractivity (Wildman–Crippen MR) is 75.9 cm³/mol. The molecule has 0 aliphatic heterocycles. The van der Waals surface area contributed by atoms with Crippen LogP contribution in [0, 0.1) is 5.92 Å². The summed E-state index contributed by atoms with van der Waals surface area (Å²) in [6.45, 7) is 2.26. The number of rotatable bonds is 3.